The van der Waals surface area contributed by atoms with Gasteiger partial charge < -0.3 is 24.6 Å². The highest BCUT2D eigenvalue weighted by atomic mass is 16.7. The van der Waals surface area contributed by atoms with E-state index < -0.39 is 11.9 Å². The zero-order valence-electron chi connectivity index (χ0n) is 11.4. The summed E-state index contributed by atoms with van der Waals surface area (Å²) in [6.07, 6.45) is 0.485. The Labute approximate surface area is 121 Å². The molecule has 0 unspecified atom stereocenters. The topological polar surface area (TPSA) is 96.3 Å². The lowest BCUT2D eigenvalue weighted by Crippen LogP contribution is -2.27. The SMILES string of the molecule is O=C(O)CCCN(CCC(=O)O)c1ccc2c(c1)OCO2. The lowest BCUT2D eigenvalue weighted by atomic mass is 10.2. The second kappa shape index (κ2) is 6.83. The molecule has 1 aliphatic rings. The number of aliphatic carboxylic acids is 2. The predicted molar refractivity (Wildman–Crippen MR) is 73.9 cm³/mol. The van der Waals surface area contributed by atoms with E-state index in [9.17, 15) is 9.59 Å². The molecule has 7 nitrogen and oxygen atoms in total. The monoisotopic (exact) mass is 295 g/mol. The molecule has 2 rings (SSSR count). The summed E-state index contributed by atoms with van der Waals surface area (Å²) in [5, 5.41) is 17.5. The van der Waals surface area contributed by atoms with Crippen LogP contribution in [0.3, 0.4) is 0 Å². The first kappa shape index (κ1) is 15.0. The van der Waals surface area contributed by atoms with Gasteiger partial charge >= 0.3 is 11.9 Å². The molecule has 1 heterocycles. The van der Waals surface area contributed by atoms with E-state index in [1.165, 1.54) is 0 Å². The highest BCUT2D eigenvalue weighted by Gasteiger charge is 2.16. The number of benzene rings is 1. The van der Waals surface area contributed by atoms with Crippen LogP contribution in [0.1, 0.15) is 19.3 Å². The first-order valence-electron chi connectivity index (χ1n) is 6.64. The predicted octanol–water partition coefficient (Wildman–Crippen LogP) is 1.56. The average Bonchev–Trinajstić information content (AvgIpc) is 2.89. The quantitative estimate of drug-likeness (QED) is 0.751. The molecule has 0 saturated carbocycles. The largest absolute Gasteiger partial charge is 0.481 e. The number of carbonyl (C=O) groups is 2. The molecular weight excluding hydrogens is 278 g/mol. The Morgan fingerprint density at radius 2 is 1.76 bits per heavy atom. The first-order valence-corrected chi connectivity index (χ1v) is 6.64. The van der Waals surface area contributed by atoms with E-state index in [1.54, 1.807) is 12.1 Å². The summed E-state index contributed by atoms with van der Waals surface area (Å²) in [5.74, 6) is -0.480. The standard InChI is InChI=1S/C14H17NO6/c16-13(17)2-1-6-15(7-5-14(18)19)10-3-4-11-12(8-10)21-9-20-11/h3-4,8H,1-2,5-7,9H2,(H,16,17)(H,18,19). The summed E-state index contributed by atoms with van der Waals surface area (Å²) in [7, 11) is 0. The number of ether oxygens (including phenoxy) is 2. The molecule has 7 heteroatoms. The fourth-order valence-corrected chi connectivity index (χ4v) is 2.10. The normalized spacial score (nSPS) is 12.2. The molecule has 1 aromatic carbocycles. The molecule has 0 bridgehead atoms. The number of hydrogen-bond donors (Lipinski definition) is 2. The minimum atomic E-state index is -0.890. The van der Waals surface area contributed by atoms with E-state index in [4.69, 9.17) is 19.7 Å². The second-order valence-electron chi connectivity index (χ2n) is 4.67. The van der Waals surface area contributed by atoms with Crippen molar-refractivity contribution in [2.75, 3.05) is 24.8 Å². The maximum atomic E-state index is 10.7. The van der Waals surface area contributed by atoms with Crippen LogP contribution in [0.4, 0.5) is 5.69 Å². The van der Waals surface area contributed by atoms with Gasteiger partial charge in [0.2, 0.25) is 6.79 Å². The molecule has 0 amide bonds. The fraction of sp³-hybridized carbons (Fsp3) is 0.429. The van der Waals surface area contributed by atoms with Crippen molar-refractivity contribution in [3.05, 3.63) is 18.2 Å². The zero-order valence-corrected chi connectivity index (χ0v) is 11.4. The highest BCUT2D eigenvalue weighted by molar-refractivity contribution is 5.68. The van der Waals surface area contributed by atoms with Gasteiger partial charge in [-0.25, -0.2) is 0 Å². The summed E-state index contributed by atoms with van der Waals surface area (Å²) >= 11 is 0. The van der Waals surface area contributed by atoms with Crippen molar-refractivity contribution in [1.29, 1.82) is 0 Å². The third kappa shape index (κ3) is 4.27. The van der Waals surface area contributed by atoms with Gasteiger partial charge in [-0.3, -0.25) is 9.59 Å². The molecule has 1 aromatic rings. The van der Waals surface area contributed by atoms with Crippen LogP contribution < -0.4 is 14.4 Å². The third-order valence-electron chi connectivity index (χ3n) is 3.14. The second-order valence-corrected chi connectivity index (χ2v) is 4.67. The smallest absolute Gasteiger partial charge is 0.305 e. The average molecular weight is 295 g/mol. The minimum absolute atomic E-state index is 0.0124. The summed E-state index contributed by atoms with van der Waals surface area (Å²) in [6.45, 7) is 0.959. The maximum absolute atomic E-state index is 10.7. The molecule has 0 aliphatic carbocycles. The Bertz CT molecular complexity index is 530. The summed E-state index contributed by atoms with van der Waals surface area (Å²) in [4.78, 5) is 23.2. The molecule has 114 valence electrons. The van der Waals surface area contributed by atoms with E-state index in [0.29, 0.717) is 31.0 Å². The summed E-state index contributed by atoms with van der Waals surface area (Å²) in [6, 6.07) is 5.36. The Morgan fingerprint density at radius 3 is 2.48 bits per heavy atom. The third-order valence-corrected chi connectivity index (χ3v) is 3.14. The van der Waals surface area contributed by atoms with E-state index in [-0.39, 0.29) is 19.6 Å². The number of carboxylic acids is 2. The van der Waals surface area contributed by atoms with Crippen LogP contribution in [0, 0.1) is 0 Å². The summed E-state index contributed by atoms with van der Waals surface area (Å²) < 4.78 is 10.5. The van der Waals surface area contributed by atoms with Crippen molar-refractivity contribution >= 4 is 17.6 Å². The number of nitrogens with zero attached hydrogens (tertiary/aromatic N) is 1. The van der Waals surface area contributed by atoms with Gasteiger partial charge in [0, 0.05) is 31.3 Å². The van der Waals surface area contributed by atoms with Crippen LogP contribution in [-0.2, 0) is 9.59 Å². The van der Waals surface area contributed by atoms with Gasteiger partial charge in [0.1, 0.15) is 0 Å². The highest BCUT2D eigenvalue weighted by Crippen LogP contribution is 2.35. The van der Waals surface area contributed by atoms with Gasteiger partial charge in [-0.2, -0.15) is 0 Å². The number of hydrogen-bond acceptors (Lipinski definition) is 5. The molecular formula is C14H17NO6. The number of rotatable bonds is 8. The van der Waals surface area contributed by atoms with E-state index >= 15 is 0 Å². The number of anilines is 1. The van der Waals surface area contributed by atoms with Crippen LogP contribution in [0.15, 0.2) is 18.2 Å². The lowest BCUT2D eigenvalue weighted by Gasteiger charge is -2.24. The Morgan fingerprint density at radius 1 is 1.05 bits per heavy atom. The minimum Gasteiger partial charge on any atom is -0.481 e. The molecule has 1 aliphatic heterocycles. The Balaban J connectivity index is 2.05. The molecule has 2 N–H and O–H groups in total. The Kier molecular flexibility index (Phi) is 4.86. The van der Waals surface area contributed by atoms with E-state index in [1.807, 2.05) is 11.0 Å². The van der Waals surface area contributed by atoms with Crippen LogP contribution in [-0.4, -0.2) is 42.0 Å². The molecule has 0 atom stereocenters. The molecule has 21 heavy (non-hydrogen) atoms. The van der Waals surface area contributed by atoms with Crippen molar-refractivity contribution in [2.45, 2.75) is 19.3 Å². The zero-order chi connectivity index (χ0) is 15.2. The molecule has 0 aromatic heterocycles. The van der Waals surface area contributed by atoms with Crippen LogP contribution in [0.2, 0.25) is 0 Å². The lowest BCUT2D eigenvalue weighted by molar-refractivity contribution is -0.138. The molecule has 0 spiro atoms. The van der Waals surface area contributed by atoms with Crippen LogP contribution >= 0.6 is 0 Å². The van der Waals surface area contributed by atoms with Crippen LogP contribution in [0.5, 0.6) is 11.5 Å². The van der Waals surface area contributed by atoms with Gasteiger partial charge in [0.05, 0.1) is 6.42 Å². The first-order chi connectivity index (χ1) is 10.1. The molecule has 0 saturated heterocycles. The van der Waals surface area contributed by atoms with Crippen molar-refractivity contribution < 1.29 is 29.3 Å². The van der Waals surface area contributed by atoms with Gasteiger partial charge in [0.25, 0.3) is 0 Å². The number of carboxylic acid groups (broad SMARTS) is 2. The van der Waals surface area contributed by atoms with Gasteiger partial charge in [-0.05, 0) is 18.6 Å². The fourth-order valence-electron chi connectivity index (χ4n) is 2.10. The van der Waals surface area contributed by atoms with Gasteiger partial charge in [-0.15, -0.1) is 0 Å². The maximum Gasteiger partial charge on any atom is 0.305 e. The molecule has 0 radical (unpaired) electrons. The van der Waals surface area contributed by atoms with E-state index in [2.05, 4.69) is 0 Å². The summed E-state index contributed by atoms with van der Waals surface area (Å²) in [5.41, 5.74) is 0.797. The van der Waals surface area contributed by atoms with Crippen LogP contribution in [0.25, 0.3) is 0 Å². The number of fused-ring (bicyclic) bond motifs is 1. The van der Waals surface area contributed by atoms with Crippen molar-refractivity contribution in [3.8, 4) is 11.5 Å². The van der Waals surface area contributed by atoms with Gasteiger partial charge in [0.15, 0.2) is 11.5 Å². The van der Waals surface area contributed by atoms with Crippen molar-refractivity contribution in [2.24, 2.45) is 0 Å². The Hall–Kier alpha value is -2.44. The van der Waals surface area contributed by atoms with Crippen molar-refractivity contribution in [1.82, 2.24) is 0 Å². The van der Waals surface area contributed by atoms with Crippen molar-refractivity contribution in [3.63, 3.8) is 0 Å². The van der Waals surface area contributed by atoms with E-state index in [0.717, 1.165) is 5.69 Å². The molecule has 0 fully saturated rings. The van der Waals surface area contributed by atoms with Gasteiger partial charge in [-0.1, -0.05) is 0 Å².